The molecule has 2 aliphatic rings. The van der Waals surface area contributed by atoms with Crippen molar-refractivity contribution in [3.63, 3.8) is 0 Å². The Morgan fingerprint density at radius 3 is 2.94 bits per heavy atom. The van der Waals surface area contributed by atoms with Gasteiger partial charge in [-0.05, 0) is 30.9 Å². The first kappa shape index (κ1) is 11.3. The summed E-state index contributed by atoms with van der Waals surface area (Å²) in [6, 6.07) is 7.78. The molecule has 1 N–H and O–H groups in total. The Balaban J connectivity index is 1.65. The summed E-state index contributed by atoms with van der Waals surface area (Å²) in [5, 5.41) is 3.00. The molecule has 1 aliphatic carbocycles. The van der Waals surface area contributed by atoms with Gasteiger partial charge in [-0.25, -0.2) is 0 Å². The van der Waals surface area contributed by atoms with Gasteiger partial charge in [-0.1, -0.05) is 24.6 Å². The number of carbonyl (C=O) groups is 1. The average Bonchev–Trinajstić information content (AvgIpc) is 2.36. The molecule has 3 nitrogen and oxygen atoms in total. The molecular formula is C15H17NO2. The number of nitrogens with one attached hydrogen (secondary N) is 1. The number of amides is 1. The molecule has 0 aromatic heterocycles. The van der Waals surface area contributed by atoms with Gasteiger partial charge >= 0.3 is 0 Å². The number of ether oxygens (including phenoxy) is 1. The summed E-state index contributed by atoms with van der Waals surface area (Å²) in [6.45, 7) is 1.17. The molecular weight excluding hydrogens is 226 g/mol. The van der Waals surface area contributed by atoms with Crippen molar-refractivity contribution in [1.82, 2.24) is 5.32 Å². The number of benzene rings is 1. The van der Waals surface area contributed by atoms with E-state index in [1.54, 1.807) is 0 Å². The minimum absolute atomic E-state index is 0.0106. The zero-order valence-corrected chi connectivity index (χ0v) is 10.3. The van der Waals surface area contributed by atoms with Crippen LogP contribution in [0.15, 0.2) is 29.8 Å². The molecule has 1 aromatic rings. The Labute approximate surface area is 107 Å². The van der Waals surface area contributed by atoms with Gasteiger partial charge in [0.25, 0.3) is 5.91 Å². The van der Waals surface area contributed by atoms with Crippen molar-refractivity contribution < 1.29 is 9.53 Å². The van der Waals surface area contributed by atoms with Crippen LogP contribution in [-0.2, 0) is 4.79 Å². The number of hydrogen-bond donors (Lipinski definition) is 1. The van der Waals surface area contributed by atoms with Gasteiger partial charge in [-0.2, -0.15) is 0 Å². The molecule has 18 heavy (non-hydrogen) atoms. The molecule has 1 fully saturated rings. The predicted molar refractivity (Wildman–Crippen MR) is 70.3 cm³/mol. The molecule has 0 bridgehead atoms. The number of fused-ring (bicyclic) bond motifs is 1. The highest BCUT2D eigenvalue weighted by Gasteiger charge is 2.20. The monoisotopic (exact) mass is 243 g/mol. The van der Waals surface area contributed by atoms with Crippen LogP contribution in [0.25, 0.3) is 6.08 Å². The molecule has 0 unspecified atom stereocenters. The van der Waals surface area contributed by atoms with Crippen LogP contribution >= 0.6 is 0 Å². The van der Waals surface area contributed by atoms with E-state index in [4.69, 9.17) is 4.74 Å². The van der Waals surface area contributed by atoms with Crippen molar-refractivity contribution in [3.05, 3.63) is 35.4 Å². The maximum absolute atomic E-state index is 12.0. The summed E-state index contributed by atoms with van der Waals surface area (Å²) in [5.74, 6) is 1.55. The second-order valence-electron chi connectivity index (χ2n) is 5.00. The minimum atomic E-state index is 0.0106. The van der Waals surface area contributed by atoms with Crippen molar-refractivity contribution in [2.45, 2.75) is 19.3 Å². The first-order valence-corrected chi connectivity index (χ1v) is 6.53. The van der Waals surface area contributed by atoms with E-state index >= 15 is 0 Å². The normalized spacial score (nSPS) is 18.1. The highest BCUT2D eigenvalue weighted by molar-refractivity contribution is 5.99. The molecule has 0 spiro atoms. The molecule has 94 valence electrons. The second kappa shape index (κ2) is 4.84. The van der Waals surface area contributed by atoms with E-state index in [2.05, 4.69) is 5.32 Å². The van der Waals surface area contributed by atoms with Gasteiger partial charge in [0.1, 0.15) is 12.4 Å². The van der Waals surface area contributed by atoms with Gasteiger partial charge in [0.2, 0.25) is 0 Å². The van der Waals surface area contributed by atoms with Crippen LogP contribution < -0.4 is 10.1 Å². The van der Waals surface area contributed by atoms with Crippen LogP contribution in [0, 0.1) is 5.92 Å². The maximum Gasteiger partial charge on any atom is 0.250 e. The lowest BCUT2D eigenvalue weighted by molar-refractivity contribution is -0.118. The van der Waals surface area contributed by atoms with Gasteiger partial charge in [0.05, 0.1) is 5.57 Å². The third kappa shape index (κ3) is 2.26. The lowest BCUT2D eigenvalue weighted by Gasteiger charge is -2.26. The van der Waals surface area contributed by atoms with E-state index in [1.165, 1.54) is 19.3 Å². The van der Waals surface area contributed by atoms with E-state index in [0.717, 1.165) is 17.9 Å². The standard InChI is InChI=1S/C15H17NO2/c17-15(16-9-11-4-3-5-11)13-8-12-6-1-2-7-14(12)18-10-13/h1-2,6-8,11H,3-5,9-10H2,(H,16,17). The van der Waals surface area contributed by atoms with Crippen molar-refractivity contribution in [1.29, 1.82) is 0 Å². The molecule has 0 saturated heterocycles. The average molecular weight is 243 g/mol. The Hall–Kier alpha value is -1.77. The lowest BCUT2D eigenvalue weighted by atomic mass is 9.85. The summed E-state index contributed by atoms with van der Waals surface area (Å²) in [5.41, 5.74) is 1.70. The summed E-state index contributed by atoms with van der Waals surface area (Å²) in [6.07, 6.45) is 5.73. The second-order valence-corrected chi connectivity index (χ2v) is 5.00. The topological polar surface area (TPSA) is 38.3 Å². The predicted octanol–water partition coefficient (Wildman–Crippen LogP) is 2.38. The van der Waals surface area contributed by atoms with Crippen LogP contribution in [0.2, 0.25) is 0 Å². The molecule has 1 aromatic carbocycles. The molecule has 0 radical (unpaired) electrons. The fourth-order valence-corrected chi connectivity index (χ4v) is 2.29. The van der Waals surface area contributed by atoms with Crippen LogP contribution in [0.4, 0.5) is 0 Å². The molecule has 3 rings (SSSR count). The Morgan fingerprint density at radius 2 is 2.17 bits per heavy atom. The van der Waals surface area contributed by atoms with E-state index in [-0.39, 0.29) is 5.91 Å². The van der Waals surface area contributed by atoms with Crippen molar-refractivity contribution in [2.24, 2.45) is 5.92 Å². The Kier molecular flexibility index (Phi) is 3.05. The summed E-state index contributed by atoms with van der Waals surface area (Å²) >= 11 is 0. The highest BCUT2D eigenvalue weighted by atomic mass is 16.5. The molecule has 0 atom stereocenters. The van der Waals surface area contributed by atoms with Crippen LogP contribution in [0.5, 0.6) is 5.75 Å². The smallest absolute Gasteiger partial charge is 0.250 e. The Morgan fingerprint density at radius 1 is 1.33 bits per heavy atom. The first-order valence-electron chi connectivity index (χ1n) is 6.53. The summed E-state index contributed by atoms with van der Waals surface area (Å²) < 4.78 is 5.58. The third-order valence-electron chi connectivity index (χ3n) is 3.70. The molecule has 3 heteroatoms. The van der Waals surface area contributed by atoms with E-state index in [9.17, 15) is 4.79 Å². The highest BCUT2D eigenvalue weighted by Crippen LogP contribution is 2.27. The van der Waals surface area contributed by atoms with Crippen molar-refractivity contribution in [3.8, 4) is 5.75 Å². The van der Waals surface area contributed by atoms with Gasteiger partial charge in [-0.15, -0.1) is 0 Å². The van der Waals surface area contributed by atoms with Crippen LogP contribution in [0.3, 0.4) is 0 Å². The van der Waals surface area contributed by atoms with E-state index in [1.807, 2.05) is 30.3 Å². The zero-order valence-electron chi connectivity index (χ0n) is 10.3. The maximum atomic E-state index is 12.0. The SMILES string of the molecule is O=C(NCC1CCC1)C1=Cc2ccccc2OC1. The van der Waals surface area contributed by atoms with Crippen LogP contribution in [-0.4, -0.2) is 19.1 Å². The summed E-state index contributed by atoms with van der Waals surface area (Å²) in [4.78, 5) is 12.0. The lowest BCUT2D eigenvalue weighted by Crippen LogP contribution is -2.34. The number of rotatable bonds is 3. The third-order valence-corrected chi connectivity index (χ3v) is 3.70. The quantitative estimate of drug-likeness (QED) is 0.885. The fourth-order valence-electron chi connectivity index (χ4n) is 2.29. The van der Waals surface area contributed by atoms with Gasteiger partial charge < -0.3 is 10.1 Å². The largest absolute Gasteiger partial charge is 0.488 e. The fraction of sp³-hybridized carbons (Fsp3) is 0.400. The van der Waals surface area contributed by atoms with E-state index < -0.39 is 0 Å². The zero-order chi connectivity index (χ0) is 12.4. The molecule has 1 heterocycles. The summed E-state index contributed by atoms with van der Waals surface area (Å²) in [7, 11) is 0. The minimum Gasteiger partial charge on any atom is -0.488 e. The first-order chi connectivity index (χ1) is 8.83. The molecule has 1 aliphatic heterocycles. The van der Waals surface area contributed by atoms with Gasteiger partial charge in [-0.3, -0.25) is 4.79 Å². The van der Waals surface area contributed by atoms with Crippen molar-refractivity contribution >= 4 is 12.0 Å². The number of carbonyl (C=O) groups excluding carboxylic acids is 1. The number of hydrogen-bond acceptors (Lipinski definition) is 2. The van der Waals surface area contributed by atoms with E-state index in [0.29, 0.717) is 18.1 Å². The Bertz CT molecular complexity index is 489. The van der Waals surface area contributed by atoms with Gasteiger partial charge in [0, 0.05) is 12.1 Å². The van der Waals surface area contributed by atoms with Crippen molar-refractivity contribution in [2.75, 3.05) is 13.2 Å². The van der Waals surface area contributed by atoms with Gasteiger partial charge in [0.15, 0.2) is 0 Å². The number of para-hydroxylation sites is 1. The molecule has 1 saturated carbocycles. The van der Waals surface area contributed by atoms with Crippen LogP contribution in [0.1, 0.15) is 24.8 Å². The molecule has 1 amide bonds.